The first-order chi connectivity index (χ1) is 13.4. The highest BCUT2D eigenvalue weighted by Crippen LogP contribution is 2.57. The molecule has 3 aromatic rings. The Bertz CT molecular complexity index is 980. The summed E-state index contributed by atoms with van der Waals surface area (Å²) in [5, 5.41) is 11.9. The van der Waals surface area contributed by atoms with Crippen LogP contribution in [-0.2, 0) is 9.30 Å². The quantitative estimate of drug-likeness (QED) is 0.388. The Morgan fingerprint density at radius 1 is 0.893 bits per heavy atom. The van der Waals surface area contributed by atoms with Gasteiger partial charge in [0, 0.05) is 28.3 Å². The fraction of sp³-hybridized carbons (Fsp3) is 0.0500. The highest BCUT2D eigenvalue weighted by molar-refractivity contribution is 7.78. The number of amides is 1. The van der Waals surface area contributed by atoms with Gasteiger partial charge in [-0.1, -0.05) is 60.7 Å². The van der Waals surface area contributed by atoms with E-state index in [4.69, 9.17) is 10.5 Å². The van der Waals surface area contributed by atoms with Gasteiger partial charge in [0.25, 0.3) is 5.69 Å². The lowest BCUT2D eigenvalue weighted by molar-refractivity contribution is -0.384. The Hall–Kier alpha value is -3.44. The average molecular weight is 396 g/mol. The molecule has 2 N–H and O–H groups in total. The molecule has 0 bridgehead atoms. The molecule has 0 fully saturated rings. The molecule has 0 saturated carbocycles. The van der Waals surface area contributed by atoms with Crippen LogP contribution in [0.1, 0.15) is 11.4 Å². The smallest absolute Gasteiger partial charge is 0.405 e. The van der Waals surface area contributed by atoms with Crippen molar-refractivity contribution in [2.45, 2.75) is 5.85 Å². The predicted octanol–water partition coefficient (Wildman–Crippen LogP) is 3.70. The Kier molecular flexibility index (Phi) is 5.57. The molecule has 0 aliphatic heterocycles. The third-order valence-electron chi connectivity index (χ3n) is 4.23. The molecule has 0 aliphatic rings. The number of rotatable bonds is 6. The maximum Gasteiger partial charge on any atom is 0.405 e. The van der Waals surface area contributed by atoms with Crippen molar-refractivity contribution in [3.63, 3.8) is 0 Å². The first kappa shape index (κ1) is 19.3. The molecule has 0 aliphatic carbocycles. The molecule has 28 heavy (non-hydrogen) atoms. The van der Waals surface area contributed by atoms with Crippen LogP contribution in [0.25, 0.3) is 0 Å². The standard InChI is InChI=1S/C20H17N2O5P/c21-20(23)27-19(15-11-13-16(14-12-15)22(24)25)28(26,17-7-3-1-4-8-17)18-9-5-2-6-10-18/h1-14,19H,(H2,21,23). The number of hydrogen-bond acceptors (Lipinski definition) is 5. The number of benzene rings is 3. The lowest BCUT2D eigenvalue weighted by atomic mass is 10.2. The normalized spacial score (nSPS) is 12.1. The number of primary amides is 1. The summed E-state index contributed by atoms with van der Waals surface area (Å²) in [4.78, 5) is 22.0. The summed E-state index contributed by atoms with van der Waals surface area (Å²) in [7, 11) is -3.54. The zero-order chi connectivity index (χ0) is 20.1. The van der Waals surface area contributed by atoms with E-state index in [0.29, 0.717) is 16.2 Å². The van der Waals surface area contributed by atoms with Gasteiger partial charge in [-0.3, -0.25) is 10.1 Å². The molecule has 8 heteroatoms. The molecule has 0 heterocycles. The minimum absolute atomic E-state index is 0.129. The van der Waals surface area contributed by atoms with E-state index in [2.05, 4.69) is 0 Å². The predicted molar refractivity (Wildman–Crippen MR) is 106 cm³/mol. The van der Waals surface area contributed by atoms with Gasteiger partial charge in [0.15, 0.2) is 13.0 Å². The largest absolute Gasteiger partial charge is 0.433 e. The van der Waals surface area contributed by atoms with Crippen LogP contribution in [-0.4, -0.2) is 11.0 Å². The van der Waals surface area contributed by atoms with Gasteiger partial charge in [-0.25, -0.2) is 4.79 Å². The summed E-state index contributed by atoms with van der Waals surface area (Å²) >= 11 is 0. The van der Waals surface area contributed by atoms with Crippen molar-refractivity contribution < 1.29 is 19.0 Å². The molecule has 3 aromatic carbocycles. The number of nitrogens with zero attached hydrogens (tertiary/aromatic N) is 1. The Morgan fingerprint density at radius 2 is 1.36 bits per heavy atom. The van der Waals surface area contributed by atoms with Crippen LogP contribution >= 0.6 is 7.14 Å². The van der Waals surface area contributed by atoms with Crippen molar-refractivity contribution in [2.24, 2.45) is 5.73 Å². The first-order valence-corrected chi connectivity index (χ1v) is 10.1. The van der Waals surface area contributed by atoms with Gasteiger partial charge in [-0.15, -0.1) is 0 Å². The van der Waals surface area contributed by atoms with E-state index in [0.717, 1.165) is 0 Å². The van der Waals surface area contributed by atoms with Crippen molar-refractivity contribution in [1.82, 2.24) is 0 Å². The molecule has 1 atom stereocenters. The Balaban J connectivity index is 2.22. The van der Waals surface area contributed by atoms with Crippen LogP contribution in [0.2, 0.25) is 0 Å². The highest BCUT2D eigenvalue weighted by Gasteiger charge is 2.40. The summed E-state index contributed by atoms with van der Waals surface area (Å²) in [5.74, 6) is -1.23. The summed E-state index contributed by atoms with van der Waals surface area (Å²) in [6.45, 7) is 0. The van der Waals surface area contributed by atoms with Crippen molar-refractivity contribution in [1.29, 1.82) is 0 Å². The second-order valence-electron chi connectivity index (χ2n) is 5.97. The number of carbonyl (C=O) groups is 1. The molecular weight excluding hydrogens is 379 g/mol. The molecule has 7 nitrogen and oxygen atoms in total. The third kappa shape index (κ3) is 3.80. The molecule has 0 aromatic heterocycles. The fourth-order valence-electron chi connectivity index (χ4n) is 2.94. The van der Waals surface area contributed by atoms with Crippen LogP contribution in [0.15, 0.2) is 84.9 Å². The maximum absolute atomic E-state index is 14.4. The van der Waals surface area contributed by atoms with Gasteiger partial charge in [0.2, 0.25) is 0 Å². The van der Waals surface area contributed by atoms with Crippen molar-refractivity contribution in [3.05, 3.63) is 101 Å². The summed E-state index contributed by atoms with van der Waals surface area (Å²) in [6, 6.07) is 22.7. The lowest BCUT2D eigenvalue weighted by Gasteiger charge is -2.28. The van der Waals surface area contributed by atoms with Crippen LogP contribution < -0.4 is 16.3 Å². The van der Waals surface area contributed by atoms with E-state index in [9.17, 15) is 19.5 Å². The van der Waals surface area contributed by atoms with Gasteiger partial charge >= 0.3 is 6.09 Å². The van der Waals surface area contributed by atoms with Crippen LogP contribution in [0.4, 0.5) is 10.5 Å². The number of hydrogen-bond donors (Lipinski definition) is 1. The lowest BCUT2D eigenvalue weighted by Crippen LogP contribution is -2.26. The van der Waals surface area contributed by atoms with Crippen LogP contribution in [0.3, 0.4) is 0 Å². The van der Waals surface area contributed by atoms with Crippen LogP contribution in [0.5, 0.6) is 0 Å². The van der Waals surface area contributed by atoms with Gasteiger partial charge in [-0.2, -0.15) is 0 Å². The zero-order valence-corrected chi connectivity index (χ0v) is 15.6. The van der Waals surface area contributed by atoms with E-state index in [1.165, 1.54) is 24.3 Å². The molecule has 0 saturated heterocycles. The summed E-state index contributed by atoms with van der Waals surface area (Å²) < 4.78 is 19.7. The van der Waals surface area contributed by atoms with Crippen molar-refractivity contribution in [3.8, 4) is 0 Å². The second-order valence-corrected chi connectivity index (χ2v) is 8.78. The maximum atomic E-state index is 14.4. The third-order valence-corrected chi connectivity index (χ3v) is 7.42. The van der Waals surface area contributed by atoms with Gasteiger partial charge in [-0.05, 0) is 12.1 Å². The number of carbonyl (C=O) groups excluding carboxylic acids is 1. The monoisotopic (exact) mass is 396 g/mol. The molecular formula is C20H17N2O5P. The van der Waals surface area contributed by atoms with Crippen molar-refractivity contribution in [2.75, 3.05) is 0 Å². The molecule has 0 spiro atoms. The number of nitro groups is 1. The molecule has 3 rings (SSSR count). The molecule has 142 valence electrons. The zero-order valence-electron chi connectivity index (χ0n) is 14.7. The van der Waals surface area contributed by atoms with E-state index in [1.807, 2.05) is 0 Å². The highest BCUT2D eigenvalue weighted by atomic mass is 31.2. The van der Waals surface area contributed by atoms with Crippen molar-refractivity contribution >= 4 is 29.5 Å². The summed E-state index contributed by atoms with van der Waals surface area (Å²) in [5.41, 5.74) is 5.49. The number of non-ortho nitro benzene ring substituents is 1. The van der Waals surface area contributed by atoms with Gasteiger partial charge in [0.05, 0.1) is 4.92 Å². The SMILES string of the molecule is NC(=O)OC(c1ccc([N+](=O)[O-])cc1)P(=O)(c1ccccc1)c1ccccc1. The van der Waals surface area contributed by atoms with Gasteiger partial charge in [0.1, 0.15) is 0 Å². The van der Waals surface area contributed by atoms with E-state index < -0.39 is 24.0 Å². The summed E-state index contributed by atoms with van der Waals surface area (Å²) in [6.07, 6.45) is -1.09. The van der Waals surface area contributed by atoms with E-state index in [-0.39, 0.29) is 5.69 Å². The Labute approximate surface area is 161 Å². The first-order valence-electron chi connectivity index (χ1n) is 8.34. The van der Waals surface area contributed by atoms with E-state index >= 15 is 0 Å². The Morgan fingerprint density at radius 3 is 1.75 bits per heavy atom. The molecule has 0 radical (unpaired) electrons. The number of nitrogens with two attached hydrogens (primary N) is 1. The number of ether oxygens (including phenoxy) is 1. The van der Waals surface area contributed by atoms with Gasteiger partial charge < -0.3 is 15.0 Å². The van der Waals surface area contributed by atoms with Crippen LogP contribution in [0, 0.1) is 10.1 Å². The topological polar surface area (TPSA) is 113 Å². The minimum atomic E-state index is -3.54. The minimum Gasteiger partial charge on any atom is -0.433 e. The van der Waals surface area contributed by atoms with E-state index in [1.54, 1.807) is 60.7 Å². The number of nitro benzene ring substituents is 1. The fourth-order valence-corrected chi connectivity index (χ4v) is 5.86. The molecule has 1 amide bonds. The second kappa shape index (κ2) is 8.06. The average Bonchev–Trinajstić information content (AvgIpc) is 2.72. The molecule has 1 unspecified atom stereocenters.